The molecule has 8 rings (SSSR count). The van der Waals surface area contributed by atoms with E-state index in [0.29, 0.717) is 35.2 Å². The Balaban J connectivity index is 0.964. The number of H-pyrrole nitrogens is 1. The molecule has 0 amide bonds. The molecule has 2 aliphatic heterocycles. The van der Waals surface area contributed by atoms with Crippen LogP contribution in [0.3, 0.4) is 0 Å². The van der Waals surface area contributed by atoms with Crippen molar-refractivity contribution >= 4 is 22.5 Å². The predicted molar refractivity (Wildman–Crippen MR) is 199 cm³/mol. The van der Waals surface area contributed by atoms with Gasteiger partial charge in [0.2, 0.25) is 0 Å². The van der Waals surface area contributed by atoms with Crippen LogP contribution in [0.4, 0.5) is 10.1 Å². The summed E-state index contributed by atoms with van der Waals surface area (Å²) in [6.07, 6.45) is 9.73. The molecule has 8 nitrogen and oxygen atoms in total. The lowest BCUT2D eigenvalue weighted by molar-refractivity contribution is -0.0629. The van der Waals surface area contributed by atoms with E-state index in [1.807, 2.05) is 30.6 Å². The van der Waals surface area contributed by atoms with Crippen molar-refractivity contribution in [3.63, 3.8) is 0 Å². The number of carbonyl (C=O) groups is 1. The Bertz CT molecular complexity index is 2010. The molecule has 5 aromatic rings. The van der Waals surface area contributed by atoms with E-state index in [-0.39, 0.29) is 22.6 Å². The van der Waals surface area contributed by atoms with Crippen molar-refractivity contribution < 1.29 is 13.9 Å². The minimum absolute atomic E-state index is 0.231. The highest BCUT2D eigenvalue weighted by Gasteiger charge is 2.50. The first-order chi connectivity index (χ1) is 24.7. The van der Waals surface area contributed by atoms with E-state index >= 15 is 4.39 Å². The van der Waals surface area contributed by atoms with Crippen LogP contribution < -0.4 is 9.64 Å². The summed E-state index contributed by atoms with van der Waals surface area (Å²) in [6, 6.07) is 22.9. The third-order valence-electron chi connectivity index (χ3n) is 11.6. The van der Waals surface area contributed by atoms with Gasteiger partial charge in [-0.1, -0.05) is 44.2 Å². The van der Waals surface area contributed by atoms with Gasteiger partial charge in [-0.25, -0.2) is 9.37 Å². The second kappa shape index (κ2) is 13.8. The average molecular weight is 687 g/mol. The Hall–Kier alpha value is -4.60. The largest absolute Gasteiger partial charge is 0.455 e. The summed E-state index contributed by atoms with van der Waals surface area (Å²) in [6.45, 7) is 11.5. The first kappa shape index (κ1) is 33.5. The van der Waals surface area contributed by atoms with Gasteiger partial charge < -0.3 is 14.6 Å². The average Bonchev–Trinajstić information content (AvgIpc) is 3.60. The summed E-state index contributed by atoms with van der Waals surface area (Å²) in [5, 5.41) is 0.904. The van der Waals surface area contributed by atoms with Crippen molar-refractivity contribution in [3.05, 3.63) is 114 Å². The van der Waals surface area contributed by atoms with E-state index in [1.165, 1.54) is 37.0 Å². The maximum absolute atomic E-state index is 15.7. The fourth-order valence-electron chi connectivity index (χ4n) is 8.82. The molecule has 9 heteroatoms. The van der Waals surface area contributed by atoms with Crippen molar-refractivity contribution in [1.29, 1.82) is 0 Å². The Labute approximate surface area is 299 Å². The monoisotopic (exact) mass is 686 g/mol. The number of ether oxygens (including phenoxy) is 1. The Morgan fingerprint density at radius 3 is 2.57 bits per heavy atom. The molecule has 1 atom stereocenters. The maximum Gasteiger partial charge on any atom is 0.163 e. The smallest absolute Gasteiger partial charge is 0.163 e. The first-order valence-electron chi connectivity index (χ1n) is 18.4. The van der Waals surface area contributed by atoms with Gasteiger partial charge in [0.1, 0.15) is 23.0 Å². The molecule has 1 aliphatic carbocycles. The number of aromatic nitrogens is 3. The number of carbonyl (C=O) groups excluding carboxylic acids is 1. The van der Waals surface area contributed by atoms with E-state index < -0.39 is 0 Å². The van der Waals surface area contributed by atoms with Gasteiger partial charge in [0.25, 0.3) is 0 Å². The molecule has 0 bridgehead atoms. The molecule has 51 heavy (non-hydrogen) atoms. The van der Waals surface area contributed by atoms with E-state index in [0.717, 1.165) is 68.8 Å². The van der Waals surface area contributed by atoms with Gasteiger partial charge in [-0.15, -0.1) is 0 Å². The Morgan fingerprint density at radius 2 is 1.80 bits per heavy atom. The van der Waals surface area contributed by atoms with Crippen LogP contribution in [0.1, 0.15) is 85.6 Å². The number of rotatable bonds is 9. The lowest BCUT2D eigenvalue weighted by Gasteiger charge is -2.58. The molecule has 1 saturated carbocycles. The number of nitrogens with one attached hydrogen (secondary N) is 1. The van der Waals surface area contributed by atoms with Crippen LogP contribution in [-0.2, 0) is 6.54 Å². The first-order valence-corrected chi connectivity index (χ1v) is 18.4. The van der Waals surface area contributed by atoms with Gasteiger partial charge in [0.05, 0.1) is 23.1 Å². The third kappa shape index (κ3) is 6.77. The fraction of sp³-hybridized carbons (Fsp3) is 0.405. The van der Waals surface area contributed by atoms with Crippen molar-refractivity contribution in [2.75, 3.05) is 37.6 Å². The number of hydrogen-bond acceptors (Lipinski definition) is 7. The second-order valence-electron chi connectivity index (χ2n) is 15.2. The van der Waals surface area contributed by atoms with Crippen LogP contribution in [0.5, 0.6) is 11.5 Å². The number of hydrogen-bond donors (Lipinski definition) is 1. The number of Topliss-reactive ketones (excluding diaryl/α,β-unsaturated/α-hetero) is 1. The Morgan fingerprint density at radius 1 is 1.00 bits per heavy atom. The lowest BCUT2D eigenvalue weighted by Crippen LogP contribution is -2.60. The number of piperazine rings is 1. The predicted octanol–water partition coefficient (Wildman–Crippen LogP) is 8.52. The van der Waals surface area contributed by atoms with Crippen molar-refractivity contribution in [2.45, 2.75) is 71.0 Å². The zero-order chi connectivity index (χ0) is 35.1. The molecule has 3 aliphatic rings. The molecule has 0 radical (unpaired) electrons. The van der Waals surface area contributed by atoms with Crippen LogP contribution in [0.15, 0.2) is 85.3 Å². The van der Waals surface area contributed by atoms with Gasteiger partial charge in [-0.05, 0) is 85.4 Å². The quantitative estimate of drug-likeness (QED) is 0.156. The molecular weight excluding hydrogens is 640 g/mol. The van der Waals surface area contributed by atoms with E-state index in [2.05, 4.69) is 79.9 Å². The fourth-order valence-corrected chi connectivity index (χ4v) is 8.82. The van der Waals surface area contributed by atoms with Crippen molar-refractivity contribution in [1.82, 2.24) is 24.8 Å². The number of nitrogens with zero attached hydrogens (tertiary/aromatic N) is 5. The molecule has 2 saturated heterocycles. The van der Waals surface area contributed by atoms with E-state index in [9.17, 15) is 4.79 Å². The number of pyridine rings is 2. The van der Waals surface area contributed by atoms with Crippen LogP contribution >= 0.6 is 0 Å². The third-order valence-corrected chi connectivity index (χ3v) is 11.6. The Kier molecular flexibility index (Phi) is 9.11. The summed E-state index contributed by atoms with van der Waals surface area (Å²) in [5.41, 5.74) is 5.78. The van der Waals surface area contributed by atoms with Crippen LogP contribution in [-0.4, -0.2) is 69.3 Å². The van der Waals surface area contributed by atoms with Crippen molar-refractivity contribution in [2.24, 2.45) is 5.41 Å². The van der Waals surface area contributed by atoms with Gasteiger partial charge in [-0.2, -0.15) is 0 Å². The topological polar surface area (TPSA) is 77.6 Å². The zero-order valence-electron chi connectivity index (χ0n) is 29.8. The number of halogens is 1. The minimum Gasteiger partial charge on any atom is -0.455 e. The number of ketones is 1. The molecule has 3 aromatic heterocycles. The summed E-state index contributed by atoms with van der Waals surface area (Å²) in [7, 11) is 0. The highest BCUT2D eigenvalue weighted by atomic mass is 19.1. The summed E-state index contributed by atoms with van der Waals surface area (Å²) >= 11 is 0. The number of fused-ring (bicyclic) bond motifs is 1. The number of benzene rings is 2. The molecule has 5 heterocycles. The van der Waals surface area contributed by atoms with Crippen LogP contribution in [0.2, 0.25) is 0 Å². The molecular formula is C42H47FN6O2. The minimum atomic E-state index is -0.385. The molecule has 264 valence electrons. The highest BCUT2D eigenvalue weighted by molar-refractivity contribution is 5.97. The second-order valence-corrected chi connectivity index (χ2v) is 15.2. The zero-order valence-corrected chi connectivity index (χ0v) is 29.8. The maximum atomic E-state index is 15.7. The van der Waals surface area contributed by atoms with Gasteiger partial charge >= 0.3 is 0 Å². The van der Waals surface area contributed by atoms with Crippen LogP contribution in [0.25, 0.3) is 11.0 Å². The molecule has 1 spiro atoms. The van der Waals surface area contributed by atoms with E-state index in [4.69, 9.17) is 4.74 Å². The lowest BCUT2D eigenvalue weighted by atomic mass is 9.59. The summed E-state index contributed by atoms with van der Waals surface area (Å²) in [5.74, 6) is 0.698. The van der Waals surface area contributed by atoms with Crippen molar-refractivity contribution in [3.8, 4) is 11.5 Å². The van der Waals surface area contributed by atoms with Gasteiger partial charge in [0, 0.05) is 75.2 Å². The normalized spacial score (nSPS) is 19.9. The standard InChI is InChI=1S/C42H47FN6O2/c1-28(2)34-9-4-5-10-35(34)39-27-47(26-31-8-6-7-14-44-31)18-19-49(39)32-23-42(24-32)12-16-48(17-13-42)38-22-40(36(29(3)50)21-37(38)43)51-33-20-30-11-15-45-41(30)46-25-33/h4-11,14-15,20-22,25,28,32,39H,12-13,16-19,23-24,26-27H2,1-3H3,(H,45,46)/t39-/m0/s1. The number of anilines is 1. The van der Waals surface area contributed by atoms with Gasteiger partial charge in [-0.3, -0.25) is 19.6 Å². The van der Waals surface area contributed by atoms with E-state index in [1.54, 1.807) is 12.3 Å². The summed E-state index contributed by atoms with van der Waals surface area (Å²) in [4.78, 5) is 32.2. The summed E-state index contributed by atoms with van der Waals surface area (Å²) < 4.78 is 21.9. The highest BCUT2D eigenvalue weighted by Crippen LogP contribution is 2.53. The van der Waals surface area contributed by atoms with Crippen LogP contribution in [0, 0.1) is 11.2 Å². The molecule has 0 unspecified atom stereocenters. The van der Waals surface area contributed by atoms with Gasteiger partial charge in [0.15, 0.2) is 5.78 Å². The molecule has 2 aromatic carbocycles. The molecule has 1 N–H and O–H groups in total. The molecule has 3 fully saturated rings. The number of piperidine rings is 1. The SMILES string of the molecule is CC(=O)c1cc(F)c(N2CCC3(CC2)CC(N2CCN(Cc4ccccn4)C[C@H]2c2ccccc2C(C)C)C3)cc1Oc1cnc2[nH]ccc2c1. The number of aromatic amines is 1.